The quantitative estimate of drug-likeness (QED) is 0.176. The molecule has 0 saturated carbocycles. The Bertz CT molecular complexity index is 1400. The molecular formula is C28H19N3O6. The summed E-state index contributed by atoms with van der Waals surface area (Å²) in [5, 5.41) is 0. The highest BCUT2D eigenvalue weighted by molar-refractivity contribution is 6.32. The molecular weight excluding hydrogens is 474 g/mol. The van der Waals surface area contributed by atoms with Crippen LogP contribution in [0.1, 0.15) is 47.8 Å². The number of Topliss-reactive ketones (excluding diaryl/α,β-unsaturated/α-hetero) is 3. The number of carbonyl (C=O) groups is 3. The van der Waals surface area contributed by atoms with Crippen molar-refractivity contribution in [1.82, 2.24) is 0 Å². The van der Waals surface area contributed by atoms with Gasteiger partial charge in [0.15, 0.2) is 17.3 Å². The van der Waals surface area contributed by atoms with Crippen molar-refractivity contribution in [1.29, 1.82) is 0 Å². The number of hydrogen-bond acceptors (Lipinski definition) is 9. The third-order valence-electron chi connectivity index (χ3n) is 6.00. The molecule has 0 N–H and O–H groups in total. The lowest BCUT2D eigenvalue weighted by Gasteiger charge is -2.18. The lowest BCUT2D eigenvalue weighted by atomic mass is 9.81. The highest BCUT2D eigenvalue weighted by Gasteiger charge is 2.38. The minimum Gasteiger partial charge on any atom is -0.293 e. The zero-order valence-electron chi connectivity index (χ0n) is 20.1. The van der Waals surface area contributed by atoms with Gasteiger partial charge in [0.2, 0.25) is 18.2 Å². The van der Waals surface area contributed by atoms with Crippen LogP contribution >= 0.6 is 0 Å². The number of ketones is 3. The summed E-state index contributed by atoms with van der Waals surface area (Å²) in [4.78, 5) is 84.7. The Balaban J connectivity index is 2.27. The van der Waals surface area contributed by atoms with Crippen molar-refractivity contribution in [3.05, 3.63) is 88.0 Å². The maximum absolute atomic E-state index is 13.8. The fraction of sp³-hybridized carbons (Fsp3) is 0.143. The molecule has 182 valence electrons. The van der Waals surface area contributed by atoms with Gasteiger partial charge in [-0.15, -0.1) is 0 Å². The summed E-state index contributed by atoms with van der Waals surface area (Å²) in [7, 11) is 0. The van der Waals surface area contributed by atoms with Crippen LogP contribution in [0.3, 0.4) is 0 Å². The van der Waals surface area contributed by atoms with Gasteiger partial charge in [-0.3, -0.25) is 14.4 Å². The van der Waals surface area contributed by atoms with E-state index in [9.17, 15) is 28.8 Å². The Morgan fingerprint density at radius 2 is 0.811 bits per heavy atom. The summed E-state index contributed by atoms with van der Waals surface area (Å²) in [6, 6.07) is 13.2. The Hall–Kier alpha value is -5.19. The van der Waals surface area contributed by atoms with E-state index in [1.54, 1.807) is 0 Å². The number of rotatable bonds is 9. The minimum absolute atomic E-state index is 0.0163. The van der Waals surface area contributed by atoms with E-state index < -0.39 is 23.3 Å². The Kier molecular flexibility index (Phi) is 8.20. The number of benzene rings is 3. The zero-order chi connectivity index (χ0) is 27.1. The lowest BCUT2D eigenvalue weighted by Crippen LogP contribution is -2.33. The van der Waals surface area contributed by atoms with Gasteiger partial charge in [-0.25, -0.2) is 14.4 Å². The predicted octanol–water partition coefficient (Wildman–Crippen LogP) is 5.08. The summed E-state index contributed by atoms with van der Waals surface area (Å²) in [5.41, 5.74) is 1.40. The molecule has 0 radical (unpaired) electrons. The molecule has 0 aliphatic rings. The summed E-state index contributed by atoms with van der Waals surface area (Å²) < 4.78 is 0. The standard InChI is InChI=1S/C28H19N3O6/c1-16-19(7-4-10-22(16)29-13-32)26(35)25(27(36)20-8-5-11-23(17(20)2)30-14-33)28(37)21-9-6-12-24(18(21)3)31-15-34/h4-12,25H,1-3H3. The van der Waals surface area contributed by atoms with Crippen molar-refractivity contribution in [2.24, 2.45) is 20.9 Å². The largest absolute Gasteiger partial charge is 0.293 e. The summed E-state index contributed by atoms with van der Waals surface area (Å²) in [5.74, 6) is -4.29. The molecule has 9 nitrogen and oxygen atoms in total. The van der Waals surface area contributed by atoms with Crippen LogP contribution in [0.25, 0.3) is 0 Å². The van der Waals surface area contributed by atoms with Gasteiger partial charge >= 0.3 is 0 Å². The number of carbonyl (C=O) groups excluding carboxylic acids is 6. The molecule has 0 fully saturated rings. The number of aliphatic imine (C=N–C) groups is 3. The average molecular weight is 493 g/mol. The first-order valence-corrected chi connectivity index (χ1v) is 10.9. The summed E-state index contributed by atoms with van der Waals surface area (Å²) >= 11 is 0. The molecule has 3 rings (SSSR count). The molecule has 0 spiro atoms. The van der Waals surface area contributed by atoms with Crippen LogP contribution in [0.5, 0.6) is 0 Å². The Labute approximate surface area is 211 Å². The van der Waals surface area contributed by atoms with Gasteiger partial charge in [-0.1, -0.05) is 36.4 Å². The van der Waals surface area contributed by atoms with Gasteiger partial charge in [-0.05, 0) is 55.7 Å². The minimum atomic E-state index is -1.84. The van der Waals surface area contributed by atoms with Crippen LogP contribution in [-0.2, 0) is 14.4 Å². The highest BCUT2D eigenvalue weighted by Crippen LogP contribution is 2.31. The first-order valence-electron chi connectivity index (χ1n) is 10.9. The highest BCUT2D eigenvalue weighted by atomic mass is 16.2. The first kappa shape index (κ1) is 26.4. The van der Waals surface area contributed by atoms with Gasteiger partial charge in [0, 0.05) is 16.7 Å². The van der Waals surface area contributed by atoms with Crippen molar-refractivity contribution in [2.45, 2.75) is 20.8 Å². The predicted molar refractivity (Wildman–Crippen MR) is 133 cm³/mol. The van der Waals surface area contributed by atoms with E-state index in [-0.39, 0.29) is 50.4 Å². The van der Waals surface area contributed by atoms with Crippen molar-refractivity contribution in [2.75, 3.05) is 0 Å². The van der Waals surface area contributed by atoms with Crippen molar-refractivity contribution < 1.29 is 28.8 Å². The van der Waals surface area contributed by atoms with Crippen molar-refractivity contribution >= 4 is 52.7 Å². The summed E-state index contributed by atoms with van der Waals surface area (Å²) in [6.45, 7) is 4.60. The third-order valence-corrected chi connectivity index (χ3v) is 6.00. The van der Waals surface area contributed by atoms with E-state index in [1.165, 1.54) is 93.6 Å². The molecule has 0 atom stereocenters. The molecule has 0 aliphatic heterocycles. The van der Waals surface area contributed by atoms with Crippen LogP contribution in [0.2, 0.25) is 0 Å². The van der Waals surface area contributed by atoms with E-state index in [0.29, 0.717) is 0 Å². The SMILES string of the molecule is Cc1c(N=C=O)cccc1C(=O)C(C(=O)c1cccc(N=C=O)c1C)C(=O)c1cccc(N=C=O)c1C. The second-order valence-electron chi connectivity index (χ2n) is 7.98. The molecule has 0 amide bonds. The smallest absolute Gasteiger partial charge is 0.240 e. The van der Waals surface area contributed by atoms with E-state index in [1.807, 2.05) is 0 Å². The normalized spacial score (nSPS) is 10.8. The first-order chi connectivity index (χ1) is 17.8. The number of nitrogens with zero attached hydrogens (tertiary/aromatic N) is 3. The van der Waals surface area contributed by atoms with Crippen LogP contribution in [0.15, 0.2) is 69.6 Å². The third kappa shape index (κ3) is 5.25. The lowest BCUT2D eigenvalue weighted by molar-refractivity contribution is 0.0732. The fourth-order valence-electron chi connectivity index (χ4n) is 4.01. The number of isocyanates is 3. The Morgan fingerprint density at radius 1 is 0.541 bits per heavy atom. The van der Waals surface area contributed by atoms with Gasteiger partial charge in [0.25, 0.3) is 0 Å². The molecule has 37 heavy (non-hydrogen) atoms. The number of hydrogen-bond donors (Lipinski definition) is 0. The molecule has 0 unspecified atom stereocenters. The second kappa shape index (κ2) is 11.5. The van der Waals surface area contributed by atoms with Crippen LogP contribution in [-0.4, -0.2) is 35.6 Å². The zero-order valence-corrected chi connectivity index (χ0v) is 20.1. The maximum atomic E-state index is 13.8. The van der Waals surface area contributed by atoms with Crippen LogP contribution in [0.4, 0.5) is 17.1 Å². The van der Waals surface area contributed by atoms with E-state index in [2.05, 4.69) is 15.0 Å². The summed E-state index contributed by atoms with van der Waals surface area (Å²) in [6.07, 6.45) is 4.24. The van der Waals surface area contributed by atoms with Crippen LogP contribution in [0, 0.1) is 26.7 Å². The van der Waals surface area contributed by atoms with E-state index >= 15 is 0 Å². The van der Waals surface area contributed by atoms with Gasteiger partial charge < -0.3 is 0 Å². The second-order valence-corrected chi connectivity index (χ2v) is 7.98. The monoisotopic (exact) mass is 493 g/mol. The van der Waals surface area contributed by atoms with Gasteiger partial charge in [0.1, 0.15) is 5.92 Å². The van der Waals surface area contributed by atoms with Gasteiger partial charge in [0.05, 0.1) is 17.1 Å². The fourth-order valence-corrected chi connectivity index (χ4v) is 4.01. The molecule has 0 aliphatic carbocycles. The van der Waals surface area contributed by atoms with E-state index in [4.69, 9.17) is 0 Å². The van der Waals surface area contributed by atoms with Gasteiger partial charge in [-0.2, -0.15) is 15.0 Å². The van der Waals surface area contributed by atoms with Crippen molar-refractivity contribution in [3.63, 3.8) is 0 Å². The maximum Gasteiger partial charge on any atom is 0.240 e. The van der Waals surface area contributed by atoms with Crippen LogP contribution < -0.4 is 0 Å². The Morgan fingerprint density at radius 3 is 1.05 bits per heavy atom. The molecule has 0 heterocycles. The van der Waals surface area contributed by atoms with Crippen molar-refractivity contribution in [3.8, 4) is 0 Å². The molecule has 3 aromatic carbocycles. The topological polar surface area (TPSA) is 140 Å². The molecule has 0 bridgehead atoms. The molecule has 0 aromatic heterocycles. The molecule has 0 saturated heterocycles. The van der Waals surface area contributed by atoms with E-state index in [0.717, 1.165) is 0 Å². The molecule has 9 heteroatoms. The average Bonchev–Trinajstić information content (AvgIpc) is 2.88. The molecule has 3 aromatic rings.